The number of carbonyl (C=O) groups excluding carboxylic acids is 2. The highest BCUT2D eigenvalue weighted by atomic mass is 35.5. The summed E-state index contributed by atoms with van der Waals surface area (Å²) in [6.45, 7) is 4.07. The Morgan fingerprint density at radius 3 is 2.11 bits per heavy atom. The summed E-state index contributed by atoms with van der Waals surface area (Å²) in [6, 6.07) is 21.6. The Labute approximate surface area is 228 Å². The summed E-state index contributed by atoms with van der Waals surface area (Å²) < 4.78 is 0. The number of rotatable bonds is 11. The molecule has 2 amide bonds. The fourth-order valence-electron chi connectivity index (χ4n) is 3.94. The molecule has 0 aromatic heterocycles. The lowest BCUT2D eigenvalue weighted by molar-refractivity contribution is -0.141. The topological polar surface area (TPSA) is 49.4 Å². The predicted octanol–water partition coefficient (Wildman–Crippen LogP) is 7.13. The third kappa shape index (κ3) is 7.73. The largest absolute Gasteiger partial charge is 0.352 e. The van der Waals surface area contributed by atoms with Crippen LogP contribution in [-0.4, -0.2) is 28.8 Å². The molecule has 0 fully saturated rings. The highest BCUT2D eigenvalue weighted by molar-refractivity contribution is 6.36. The van der Waals surface area contributed by atoms with Crippen LogP contribution in [0.5, 0.6) is 0 Å². The van der Waals surface area contributed by atoms with Crippen LogP contribution in [0.15, 0.2) is 72.8 Å². The minimum Gasteiger partial charge on any atom is -0.352 e. The van der Waals surface area contributed by atoms with Gasteiger partial charge in [-0.1, -0.05) is 96.3 Å². The van der Waals surface area contributed by atoms with E-state index in [1.165, 1.54) is 0 Å². The highest BCUT2D eigenvalue weighted by Crippen LogP contribution is 2.28. The Bertz CT molecular complexity index is 1150. The average Bonchev–Trinajstić information content (AvgIpc) is 2.87. The molecule has 3 aromatic rings. The van der Waals surface area contributed by atoms with Gasteiger partial charge >= 0.3 is 0 Å². The van der Waals surface area contributed by atoms with Gasteiger partial charge in [-0.15, -0.1) is 0 Å². The first-order chi connectivity index (χ1) is 17.3. The normalized spacial score (nSPS) is 12.6. The molecule has 190 valence electrons. The maximum atomic E-state index is 13.8. The van der Waals surface area contributed by atoms with Crippen molar-refractivity contribution >= 4 is 46.6 Å². The van der Waals surface area contributed by atoms with Crippen LogP contribution in [0.25, 0.3) is 0 Å². The maximum absolute atomic E-state index is 13.8. The van der Waals surface area contributed by atoms with Gasteiger partial charge in [0.15, 0.2) is 0 Å². The van der Waals surface area contributed by atoms with E-state index >= 15 is 0 Å². The van der Waals surface area contributed by atoms with Crippen LogP contribution in [0.2, 0.25) is 15.1 Å². The summed E-state index contributed by atoms with van der Waals surface area (Å²) in [5.41, 5.74) is 2.45. The van der Waals surface area contributed by atoms with Crippen LogP contribution in [0.1, 0.15) is 43.4 Å². The molecule has 0 bridgehead atoms. The van der Waals surface area contributed by atoms with Crippen molar-refractivity contribution in [2.24, 2.45) is 0 Å². The van der Waals surface area contributed by atoms with Crippen molar-refractivity contribution < 1.29 is 9.59 Å². The van der Waals surface area contributed by atoms with Crippen LogP contribution in [0.4, 0.5) is 0 Å². The van der Waals surface area contributed by atoms with Crippen LogP contribution >= 0.6 is 34.8 Å². The molecule has 0 radical (unpaired) electrons. The molecule has 0 saturated carbocycles. The minimum absolute atomic E-state index is 0.0280. The molecule has 0 aliphatic rings. The van der Waals surface area contributed by atoms with E-state index in [-0.39, 0.29) is 30.8 Å². The molecule has 0 saturated heterocycles. The van der Waals surface area contributed by atoms with E-state index in [9.17, 15) is 9.59 Å². The number of amides is 2. The number of halogens is 3. The number of nitrogens with zero attached hydrogens (tertiary/aromatic N) is 1. The van der Waals surface area contributed by atoms with Gasteiger partial charge in [0.25, 0.3) is 0 Å². The monoisotopic (exact) mass is 544 g/mol. The molecular weight excluding hydrogens is 515 g/mol. The smallest absolute Gasteiger partial charge is 0.243 e. The zero-order valence-corrected chi connectivity index (χ0v) is 22.8. The van der Waals surface area contributed by atoms with Gasteiger partial charge in [0, 0.05) is 46.1 Å². The van der Waals surface area contributed by atoms with Gasteiger partial charge in [-0.3, -0.25) is 9.59 Å². The minimum atomic E-state index is -0.743. The zero-order valence-electron chi connectivity index (χ0n) is 20.5. The molecular formula is C29H31Cl3N2O2. The van der Waals surface area contributed by atoms with Crippen LogP contribution in [0, 0.1) is 0 Å². The van der Waals surface area contributed by atoms with Gasteiger partial charge in [0.05, 0.1) is 0 Å². The third-order valence-electron chi connectivity index (χ3n) is 6.23. The number of hydrogen-bond donors (Lipinski definition) is 1. The maximum Gasteiger partial charge on any atom is 0.243 e. The molecule has 36 heavy (non-hydrogen) atoms. The second-order valence-electron chi connectivity index (χ2n) is 8.84. The van der Waals surface area contributed by atoms with Crippen LogP contribution in [-0.2, 0) is 29.0 Å². The van der Waals surface area contributed by atoms with Crippen molar-refractivity contribution in [3.05, 3.63) is 105 Å². The average molecular weight is 546 g/mol. The Kier molecular flexibility index (Phi) is 10.7. The Balaban J connectivity index is 1.97. The van der Waals surface area contributed by atoms with Crippen molar-refractivity contribution in [2.45, 2.75) is 58.2 Å². The van der Waals surface area contributed by atoms with Crippen molar-refractivity contribution in [3.8, 4) is 0 Å². The number of aryl methyl sites for hydroxylation is 1. The van der Waals surface area contributed by atoms with E-state index in [0.717, 1.165) is 17.5 Å². The molecule has 2 atom stereocenters. The number of benzene rings is 3. The van der Waals surface area contributed by atoms with Gasteiger partial charge in [0.2, 0.25) is 11.8 Å². The Hall–Kier alpha value is -2.53. The second kappa shape index (κ2) is 13.7. The Morgan fingerprint density at radius 2 is 1.47 bits per heavy atom. The van der Waals surface area contributed by atoms with Gasteiger partial charge in [-0.05, 0) is 49.1 Å². The summed E-state index contributed by atoms with van der Waals surface area (Å²) in [4.78, 5) is 28.9. The van der Waals surface area contributed by atoms with Gasteiger partial charge < -0.3 is 10.2 Å². The zero-order chi connectivity index (χ0) is 26.1. The quantitative estimate of drug-likeness (QED) is 0.278. The van der Waals surface area contributed by atoms with Crippen LogP contribution in [0.3, 0.4) is 0 Å². The standard InChI is InChI=1S/C29H31Cl3N2O2/c1-3-20(2)33-29(36)27(18-21-10-5-4-6-11-21)34(19-23-25(31)14-9-15-26(23)32)28(35)17-16-22-12-7-8-13-24(22)30/h4-15,20,27H,3,16-19H2,1-2H3,(H,33,36)/t20-,27-/m0/s1. The summed E-state index contributed by atoms with van der Waals surface area (Å²) >= 11 is 19.3. The van der Waals surface area contributed by atoms with E-state index in [2.05, 4.69) is 5.32 Å². The van der Waals surface area contributed by atoms with E-state index in [1.54, 1.807) is 29.2 Å². The first-order valence-electron chi connectivity index (χ1n) is 12.1. The number of carbonyl (C=O) groups is 2. The summed E-state index contributed by atoms with van der Waals surface area (Å²) in [6.07, 6.45) is 1.79. The summed E-state index contributed by atoms with van der Waals surface area (Å²) in [5.74, 6) is -0.381. The SMILES string of the molecule is CC[C@H](C)NC(=O)[C@H](Cc1ccccc1)N(Cc1c(Cl)cccc1Cl)C(=O)CCc1ccccc1Cl. The van der Waals surface area contributed by atoms with Crippen molar-refractivity contribution in [1.82, 2.24) is 10.2 Å². The molecule has 4 nitrogen and oxygen atoms in total. The van der Waals surface area contributed by atoms with Crippen molar-refractivity contribution in [2.75, 3.05) is 0 Å². The summed E-state index contributed by atoms with van der Waals surface area (Å²) in [7, 11) is 0. The second-order valence-corrected chi connectivity index (χ2v) is 10.1. The third-order valence-corrected chi connectivity index (χ3v) is 7.31. The van der Waals surface area contributed by atoms with Gasteiger partial charge in [-0.25, -0.2) is 0 Å². The molecule has 0 unspecified atom stereocenters. The lowest BCUT2D eigenvalue weighted by Crippen LogP contribution is -2.52. The fourth-order valence-corrected chi connectivity index (χ4v) is 4.68. The van der Waals surface area contributed by atoms with Crippen LogP contribution < -0.4 is 5.32 Å². The lowest BCUT2D eigenvalue weighted by Gasteiger charge is -2.33. The van der Waals surface area contributed by atoms with Gasteiger partial charge in [-0.2, -0.15) is 0 Å². The molecule has 1 N–H and O–H groups in total. The molecule has 3 rings (SSSR count). The lowest BCUT2D eigenvalue weighted by atomic mass is 10.0. The van der Waals surface area contributed by atoms with E-state index in [4.69, 9.17) is 34.8 Å². The fraction of sp³-hybridized carbons (Fsp3) is 0.310. The molecule has 0 aliphatic carbocycles. The molecule has 3 aromatic carbocycles. The first-order valence-corrected chi connectivity index (χ1v) is 13.2. The van der Waals surface area contributed by atoms with E-state index < -0.39 is 6.04 Å². The van der Waals surface area contributed by atoms with E-state index in [1.807, 2.05) is 62.4 Å². The highest BCUT2D eigenvalue weighted by Gasteiger charge is 2.31. The van der Waals surface area contributed by atoms with Crippen molar-refractivity contribution in [3.63, 3.8) is 0 Å². The molecule has 0 spiro atoms. The molecule has 0 heterocycles. The molecule has 0 aliphatic heterocycles. The Morgan fingerprint density at radius 1 is 0.861 bits per heavy atom. The first kappa shape index (κ1) is 28.0. The number of hydrogen-bond acceptors (Lipinski definition) is 2. The van der Waals surface area contributed by atoms with Crippen molar-refractivity contribution in [1.29, 1.82) is 0 Å². The van der Waals surface area contributed by atoms with Gasteiger partial charge in [0.1, 0.15) is 6.04 Å². The van der Waals surface area contributed by atoms with E-state index in [0.29, 0.717) is 33.5 Å². The summed E-state index contributed by atoms with van der Waals surface area (Å²) in [5, 5.41) is 4.58. The number of nitrogens with one attached hydrogen (secondary N) is 1. The predicted molar refractivity (Wildman–Crippen MR) is 149 cm³/mol. The molecule has 7 heteroatoms.